The van der Waals surface area contributed by atoms with Gasteiger partial charge in [-0.15, -0.1) is 0 Å². The van der Waals surface area contributed by atoms with E-state index in [1.165, 1.54) is 0 Å². The van der Waals surface area contributed by atoms with E-state index >= 15 is 0 Å². The first-order chi connectivity index (χ1) is 12.6. The Morgan fingerprint density at radius 3 is 2.31 bits per heavy atom. The predicted molar refractivity (Wildman–Crippen MR) is 102 cm³/mol. The molecule has 1 aliphatic heterocycles. The molecule has 26 heavy (non-hydrogen) atoms. The average Bonchev–Trinajstić information content (AvgIpc) is 2.64. The number of hydrogen-bond acceptors (Lipinski definition) is 4. The molecule has 0 aromatic heterocycles. The van der Waals surface area contributed by atoms with Gasteiger partial charge in [-0.05, 0) is 42.5 Å². The molecule has 0 spiro atoms. The Labute approximate surface area is 157 Å². The molecule has 0 atom stereocenters. The van der Waals surface area contributed by atoms with Crippen molar-refractivity contribution in [2.45, 2.75) is 0 Å². The van der Waals surface area contributed by atoms with E-state index in [0.29, 0.717) is 41.7 Å². The number of amides is 2. The van der Waals surface area contributed by atoms with Crippen molar-refractivity contribution in [3.8, 4) is 0 Å². The highest BCUT2D eigenvalue weighted by atomic mass is 35.5. The molecule has 0 saturated carbocycles. The third kappa shape index (κ3) is 5.29. The Morgan fingerprint density at radius 1 is 1.00 bits per heavy atom. The standard InChI is InChI=1S/C19H20ClN3O3/c20-15-3-1-2-14(12-15)19(25)22-17-6-4-16(5-7-17)21-18(24)13-23-8-10-26-11-9-23/h1-7,12H,8-11,13H2,(H,21,24)(H,22,25). The molecule has 1 saturated heterocycles. The van der Waals surface area contributed by atoms with Crippen LogP contribution in [0.4, 0.5) is 11.4 Å². The summed E-state index contributed by atoms with van der Waals surface area (Å²) in [5.41, 5.74) is 1.81. The quantitative estimate of drug-likeness (QED) is 0.845. The molecule has 0 aliphatic carbocycles. The first-order valence-corrected chi connectivity index (χ1v) is 8.75. The number of halogens is 1. The van der Waals surface area contributed by atoms with Gasteiger partial charge in [-0.25, -0.2) is 0 Å². The number of carbonyl (C=O) groups excluding carboxylic acids is 2. The smallest absolute Gasteiger partial charge is 0.255 e. The van der Waals surface area contributed by atoms with Gasteiger partial charge in [0.05, 0.1) is 19.8 Å². The normalized spacial score (nSPS) is 14.7. The fraction of sp³-hybridized carbons (Fsp3) is 0.263. The first-order valence-electron chi connectivity index (χ1n) is 8.37. The molecule has 0 bridgehead atoms. The zero-order valence-corrected chi connectivity index (χ0v) is 15.0. The highest BCUT2D eigenvalue weighted by Gasteiger charge is 2.14. The molecular weight excluding hydrogens is 354 g/mol. The summed E-state index contributed by atoms with van der Waals surface area (Å²) in [5, 5.41) is 6.17. The fourth-order valence-electron chi connectivity index (χ4n) is 2.63. The van der Waals surface area contributed by atoms with Gasteiger partial charge in [-0.1, -0.05) is 17.7 Å². The van der Waals surface area contributed by atoms with Crippen LogP contribution in [0.15, 0.2) is 48.5 Å². The zero-order valence-electron chi connectivity index (χ0n) is 14.2. The third-order valence-electron chi connectivity index (χ3n) is 3.98. The van der Waals surface area contributed by atoms with Gasteiger partial charge in [-0.3, -0.25) is 14.5 Å². The number of carbonyl (C=O) groups is 2. The lowest BCUT2D eigenvalue weighted by Gasteiger charge is -2.25. The Bertz CT molecular complexity index is 774. The Hall–Kier alpha value is -2.41. The van der Waals surface area contributed by atoms with Crippen LogP contribution in [0.1, 0.15) is 10.4 Å². The van der Waals surface area contributed by atoms with Crippen molar-refractivity contribution in [2.75, 3.05) is 43.5 Å². The minimum Gasteiger partial charge on any atom is -0.379 e. The zero-order chi connectivity index (χ0) is 18.4. The molecule has 136 valence electrons. The molecule has 1 heterocycles. The summed E-state index contributed by atoms with van der Waals surface area (Å²) >= 11 is 5.90. The van der Waals surface area contributed by atoms with E-state index in [1.54, 1.807) is 48.5 Å². The van der Waals surface area contributed by atoms with Gasteiger partial charge in [0.15, 0.2) is 0 Å². The van der Waals surface area contributed by atoms with Crippen molar-refractivity contribution < 1.29 is 14.3 Å². The van der Waals surface area contributed by atoms with Crippen molar-refractivity contribution in [2.24, 2.45) is 0 Å². The van der Waals surface area contributed by atoms with Crippen LogP contribution < -0.4 is 10.6 Å². The van der Waals surface area contributed by atoms with Gasteiger partial charge in [0.2, 0.25) is 5.91 Å². The molecular formula is C19H20ClN3O3. The van der Waals surface area contributed by atoms with Gasteiger partial charge in [-0.2, -0.15) is 0 Å². The van der Waals surface area contributed by atoms with E-state index < -0.39 is 0 Å². The molecule has 1 fully saturated rings. The van der Waals surface area contributed by atoms with Crippen molar-refractivity contribution >= 4 is 34.8 Å². The molecule has 2 N–H and O–H groups in total. The lowest BCUT2D eigenvalue weighted by molar-refractivity contribution is -0.118. The lowest BCUT2D eigenvalue weighted by Crippen LogP contribution is -2.41. The molecule has 6 nitrogen and oxygen atoms in total. The summed E-state index contributed by atoms with van der Waals surface area (Å²) in [6.07, 6.45) is 0. The number of benzene rings is 2. The minimum atomic E-state index is -0.239. The van der Waals surface area contributed by atoms with E-state index in [-0.39, 0.29) is 11.8 Å². The van der Waals surface area contributed by atoms with Crippen molar-refractivity contribution in [1.82, 2.24) is 4.90 Å². The summed E-state index contributed by atoms with van der Waals surface area (Å²) < 4.78 is 5.27. The average molecular weight is 374 g/mol. The van der Waals surface area contributed by atoms with Crippen molar-refractivity contribution in [1.29, 1.82) is 0 Å². The van der Waals surface area contributed by atoms with Crippen molar-refractivity contribution in [3.05, 3.63) is 59.1 Å². The van der Waals surface area contributed by atoms with E-state index in [9.17, 15) is 9.59 Å². The van der Waals surface area contributed by atoms with E-state index in [1.807, 2.05) is 0 Å². The SMILES string of the molecule is O=C(CN1CCOCC1)Nc1ccc(NC(=O)c2cccc(Cl)c2)cc1. The summed E-state index contributed by atoms with van der Waals surface area (Å²) in [6.45, 7) is 3.20. The van der Waals surface area contributed by atoms with Crippen LogP contribution in [0.25, 0.3) is 0 Å². The largest absolute Gasteiger partial charge is 0.379 e. The number of ether oxygens (including phenoxy) is 1. The predicted octanol–water partition coefficient (Wildman–Crippen LogP) is 2.86. The maximum atomic E-state index is 12.2. The van der Waals surface area contributed by atoms with E-state index in [0.717, 1.165) is 13.1 Å². The molecule has 1 aliphatic rings. The van der Waals surface area contributed by atoms with Crippen LogP contribution in [-0.4, -0.2) is 49.6 Å². The molecule has 3 rings (SSSR count). The van der Waals surface area contributed by atoms with Crippen LogP contribution in [-0.2, 0) is 9.53 Å². The van der Waals surface area contributed by atoms with Crippen LogP contribution in [0, 0.1) is 0 Å². The second kappa shape index (κ2) is 8.80. The maximum absolute atomic E-state index is 12.2. The number of anilines is 2. The number of nitrogens with one attached hydrogen (secondary N) is 2. The number of rotatable bonds is 5. The highest BCUT2D eigenvalue weighted by Crippen LogP contribution is 2.16. The lowest BCUT2D eigenvalue weighted by atomic mass is 10.2. The van der Waals surface area contributed by atoms with Crippen LogP contribution >= 0.6 is 11.6 Å². The maximum Gasteiger partial charge on any atom is 0.255 e. The van der Waals surface area contributed by atoms with Gasteiger partial charge in [0.1, 0.15) is 0 Å². The number of morpholine rings is 1. The topological polar surface area (TPSA) is 70.7 Å². The Balaban J connectivity index is 1.53. The van der Waals surface area contributed by atoms with E-state index in [4.69, 9.17) is 16.3 Å². The second-order valence-electron chi connectivity index (χ2n) is 5.98. The summed E-state index contributed by atoms with van der Waals surface area (Å²) in [7, 11) is 0. The van der Waals surface area contributed by atoms with Gasteiger partial charge < -0.3 is 15.4 Å². The monoisotopic (exact) mass is 373 g/mol. The molecule has 0 radical (unpaired) electrons. The van der Waals surface area contributed by atoms with Gasteiger partial charge >= 0.3 is 0 Å². The van der Waals surface area contributed by atoms with Gasteiger partial charge in [0.25, 0.3) is 5.91 Å². The summed E-state index contributed by atoms with van der Waals surface area (Å²) in [4.78, 5) is 26.3. The molecule has 2 aromatic carbocycles. The molecule has 2 amide bonds. The molecule has 7 heteroatoms. The number of nitrogens with zero attached hydrogens (tertiary/aromatic N) is 1. The Morgan fingerprint density at radius 2 is 1.65 bits per heavy atom. The highest BCUT2D eigenvalue weighted by molar-refractivity contribution is 6.31. The first kappa shape index (κ1) is 18.4. The minimum absolute atomic E-state index is 0.0670. The van der Waals surface area contributed by atoms with Crippen LogP contribution in [0.3, 0.4) is 0 Å². The second-order valence-corrected chi connectivity index (χ2v) is 6.41. The van der Waals surface area contributed by atoms with Crippen LogP contribution in [0.2, 0.25) is 5.02 Å². The van der Waals surface area contributed by atoms with E-state index in [2.05, 4.69) is 15.5 Å². The fourth-order valence-corrected chi connectivity index (χ4v) is 2.82. The van der Waals surface area contributed by atoms with Gasteiger partial charge in [0, 0.05) is 35.1 Å². The van der Waals surface area contributed by atoms with Crippen molar-refractivity contribution in [3.63, 3.8) is 0 Å². The number of hydrogen-bond donors (Lipinski definition) is 2. The third-order valence-corrected chi connectivity index (χ3v) is 4.22. The summed E-state index contributed by atoms with van der Waals surface area (Å²) in [6, 6.07) is 13.7. The summed E-state index contributed by atoms with van der Waals surface area (Å²) in [5.74, 6) is -0.306. The van der Waals surface area contributed by atoms with Crippen LogP contribution in [0.5, 0.6) is 0 Å². The molecule has 2 aromatic rings. The molecule has 0 unspecified atom stereocenters. The Kier molecular flexibility index (Phi) is 6.22.